The summed E-state index contributed by atoms with van der Waals surface area (Å²) in [6.45, 7) is 4.16. The van der Waals surface area contributed by atoms with E-state index in [2.05, 4.69) is 10.3 Å². The van der Waals surface area contributed by atoms with Gasteiger partial charge < -0.3 is 10.2 Å². The molecule has 4 rings (SSSR count). The van der Waals surface area contributed by atoms with Crippen molar-refractivity contribution in [3.05, 3.63) is 94.9 Å². The minimum absolute atomic E-state index is 0.194. The molecule has 1 N–H and O–H groups in total. The first kappa shape index (κ1) is 21.3. The molecule has 2 aromatic carbocycles. The zero-order chi connectivity index (χ0) is 22.8. The number of benzene rings is 2. The number of rotatable bonds is 6. The Balaban J connectivity index is 1.75. The number of pyridine rings is 1. The van der Waals surface area contributed by atoms with Crippen LogP contribution in [-0.4, -0.2) is 35.8 Å². The fraction of sp³-hybridized carbons (Fsp3) is 0.192. The van der Waals surface area contributed by atoms with Crippen molar-refractivity contribution >= 4 is 28.8 Å². The predicted octanol–water partition coefficient (Wildman–Crippen LogP) is 4.16. The molecule has 0 saturated carbocycles. The van der Waals surface area contributed by atoms with E-state index in [0.29, 0.717) is 11.3 Å². The van der Waals surface area contributed by atoms with E-state index in [1.165, 1.54) is 4.90 Å². The second kappa shape index (κ2) is 8.67. The molecular formula is C26H26N4O2. The number of hydrogen-bond donors (Lipinski definition) is 1. The summed E-state index contributed by atoms with van der Waals surface area (Å²) in [5.41, 5.74) is 6.16. The highest BCUT2D eigenvalue weighted by Gasteiger charge is 2.39. The molecule has 0 radical (unpaired) electrons. The van der Waals surface area contributed by atoms with Crippen LogP contribution in [0.3, 0.4) is 0 Å². The van der Waals surface area contributed by atoms with Crippen molar-refractivity contribution in [2.45, 2.75) is 20.4 Å². The third-order valence-electron chi connectivity index (χ3n) is 5.56. The molecular weight excluding hydrogens is 400 g/mol. The second-order valence-electron chi connectivity index (χ2n) is 8.19. The molecule has 1 aliphatic heterocycles. The van der Waals surface area contributed by atoms with Gasteiger partial charge in [-0.05, 0) is 66.9 Å². The zero-order valence-electron chi connectivity index (χ0n) is 18.7. The average Bonchev–Trinajstić information content (AvgIpc) is 2.99. The lowest BCUT2D eigenvalue weighted by atomic mass is 9.97. The van der Waals surface area contributed by atoms with Gasteiger partial charge in [0.1, 0.15) is 5.70 Å². The maximum atomic E-state index is 13.5. The fourth-order valence-electron chi connectivity index (χ4n) is 3.84. The summed E-state index contributed by atoms with van der Waals surface area (Å²) in [6, 6.07) is 17.3. The van der Waals surface area contributed by atoms with Crippen LogP contribution in [0, 0.1) is 13.8 Å². The standard InChI is InChI=1S/C26H26N4O2/c1-17-5-10-22(18(2)15-17)23-24(28-20-6-8-21(9-7-20)29(3)4)26(32)30(25(23)31)16-19-11-13-27-14-12-19/h5-15,28H,16H2,1-4H3. The predicted molar refractivity (Wildman–Crippen MR) is 127 cm³/mol. The Morgan fingerprint density at radius 2 is 1.59 bits per heavy atom. The second-order valence-corrected chi connectivity index (χ2v) is 8.19. The third-order valence-corrected chi connectivity index (χ3v) is 5.56. The van der Waals surface area contributed by atoms with Gasteiger partial charge in [0, 0.05) is 37.9 Å². The summed E-state index contributed by atoms with van der Waals surface area (Å²) in [4.78, 5) is 34.2. The Morgan fingerprint density at radius 1 is 0.906 bits per heavy atom. The summed E-state index contributed by atoms with van der Waals surface area (Å²) in [7, 11) is 3.94. The molecule has 2 amide bonds. The van der Waals surface area contributed by atoms with Gasteiger partial charge in [-0.2, -0.15) is 0 Å². The van der Waals surface area contributed by atoms with Gasteiger partial charge in [-0.25, -0.2) is 0 Å². The quantitative estimate of drug-likeness (QED) is 0.600. The highest BCUT2D eigenvalue weighted by Crippen LogP contribution is 2.33. The van der Waals surface area contributed by atoms with E-state index in [1.54, 1.807) is 12.4 Å². The molecule has 0 aliphatic carbocycles. The lowest BCUT2D eigenvalue weighted by Gasteiger charge is -2.16. The maximum absolute atomic E-state index is 13.5. The Labute approximate surface area is 188 Å². The van der Waals surface area contributed by atoms with Gasteiger partial charge in [0.2, 0.25) is 0 Å². The van der Waals surface area contributed by atoms with Crippen LogP contribution in [-0.2, 0) is 16.1 Å². The highest BCUT2D eigenvalue weighted by atomic mass is 16.2. The van der Waals surface area contributed by atoms with E-state index in [0.717, 1.165) is 33.6 Å². The summed E-state index contributed by atoms with van der Waals surface area (Å²) >= 11 is 0. The molecule has 2 heterocycles. The Kier molecular flexibility index (Phi) is 5.77. The number of anilines is 2. The van der Waals surface area contributed by atoms with Crippen LogP contribution in [0.25, 0.3) is 5.57 Å². The first-order chi connectivity index (χ1) is 15.3. The van der Waals surface area contributed by atoms with Crippen molar-refractivity contribution < 1.29 is 9.59 Å². The summed E-state index contributed by atoms with van der Waals surface area (Å²) < 4.78 is 0. The lowest BCUT2D eigenvalue weighted by molar-refractivity contribution is -0.137. The number of hydrogen-bond acceptors (Lipinski definition) is 5. The van der Waals surface area contributed by atoms with Crippen LogP contribution in [0.4, 0.5) is 11.4 Å². The summed E-state index contributed by atoms with van der Waals surface area (Å²) in [6.07, 6.45) is 3.31. The first-order valence-electron chi connectivity index (χ1n) is 10.5. The van der Waals surface area contributed by atoms with Gasteiger partial charge in [0.25, 0.3) is 11.8 Å². The molecule has 0 saturated heterocycles. The van der Waals surface area contributed by atoms with E-state index >= 15 is 0 Å². The van der Waals surface area contributed by atoms with Crippen molar-refractivity contribution in [3.63, 3.8) is 0 Å². The minimum Gasteiger partial charge on any atom is -0.378 e. The molecule has 0 atom stereocenters. The Bertz CT molecular complexity index is 1200. The monoisotopic (exact) mass is 426 g/mol. The van der Waals surface area contributed by atoms with Crippen molar-refractivity contribution in [1.82, 2.24) is 9.88 Å². The average molecular weight is 427 g/mol. The van der Waals surface area contributed by atoms with Crippen LogP contribution in [0.1, 0.15) is 22.3 Å². The number of imide groups is 1. The molecule has 162 valence electrons. The summed E-state index contributed by atoms with van der Waals surface area (Å²) in [5, 5.41) is 3.23. The van der Waals surface area contributed by atoms with Crippen molar-refractivity contribution in [3.8, 4) is 0 Å². The van der Waals surface area contributed by atoms with E-state index in [1.807, 2.05) is 87.4 Å². The lowest BCUT2D eigenvalue weighted by Crippen LogP contribution is -2.32. The van der Waals surface area contributed by atoms with Crippen molar-refractivity contribution in [2.24, 2.45) is 0 Å². The van der Waals surface area contributed by atoms with Crippen LogP contribution in [0.2, 0.25) is 0 Å². The first-order valence-corrected chi connectivity index (χ1v) is 10.5. The van der Waals surface area contributed by atoms with Gasteiger partial charge in [-0.15, -0.1) is 0 Å². The van der Waals surface area contributed by atoms with Crippen LogP contribution >= 0.6 is 0 Å². The molecule has 32 heavy (non-hydrogen) atoms. The molecule has 1 aromatic heterocycles. The highest BCUT2D eigenvalue weighted by molar-refractivity contribution is 6.36. The number of aryl methyl sites for hydroxylation is 2. The maximum Gasteiger partial charge on any atom is 0.278 e. The van der Waals surface area contributed by atoms with Crippen molar-refractivity contribution in [1.29, 1.82) is 0 Å². The normalized spacial score (nSPS) is 13.7. The molecule has 3 aromatic rings. The molecule has 0 fully saturated rings. The fourth-order valence-corrected chi connectivity index (χ4v) is 3.84. The van der Waals surface area contributed by atoms with Gasteiger partial charge in [0.05, 0.1) is 12.1 Å². The number of carbonyl (C=O) groups is 2. The minimum atomic E-state index is -0.335. The van der Waals surface area contributed by atoms with E-state index in [9.17, 15) is 9.59 Å². The van der Waals surface area contributed by atoms with E-state index < -0.39 is 0 Å². The van der Waals surface area contributed by atoms with Crippen molar-refractivity contribution in [2.75, 3.05) is 24.3 Å². The van der Waals surface area contributed by atoms with Gasteiger partial charge >= 0.3 is 0 Å². The molecule has 6 nitrogen and oxygen atoms in total. The van der Waals surface area contributed by atoms with Gasteiger partial charge in [-0.1, -0.05) is 23.8 Å². The van der Waals surface area contributed by atoms with Gasteiger partial charge in [0.15, 0.2) is 0 Å². The molecule has 1 aliphatic rings. The number of carbonyl (C=O) groups excluding carboxylic acids is 2. The van der Waals surface area contributed by atoms with E-state index in [-0.39, 0.29) is 18.4 Å². The number of amides is 2. The molecule has 6 heteroatoms. The Hall–Kier alpha value is -3.93. The van der Waals surface area contributed by atoms with Crippen LogP contribution in [0.5, 0.6) is 0 Å². The third kappa shape index (κ3) is 4.12. The smallest absolute Gasteiger partial charge is 0.278 e. The molecule has 0 bridgehead atoms. The summed E-state index contributed by atoms with van der Waals surface area (Å²) in [5.74, 6) is -0.635. The SMILES string of the molecule is Cc1ccc(C2=C(Nc3ccc(N(C)C)cc3)C(=O)N(Cc3ccncc3)C2=O)c(C)c1. The zero-order valence-corrected chi connectivity index (χ0v) is 18.7. The van der Waals surface area contributed by atoms with Crippen LogP contribution < -0.4 is 10.2 Å². The molecule has 0 spiro atoms. The number of nitrogens with zero attached hydrogens (tertiary/aromatic N) is 3. The van der Waals surface area contributed by atoms with Crippen LogP contribution in [0.15, 0.2) is 72.7 Å². The van der Waals surface area contributed by atoms with E-state index in [4.69, 9.17) is 0 Å². The molecule has 0 unspecified atom stereocenters. The number of nitrogens with one attached hydrogen (secondary N) is 1. The van der Waals surface area contributed by atoms with Gasteiger partial charge in [-0.3, -0.25) is 19.5 Å². The number of aromatic nitrogens is 1. The Morgan fingerprint density at radius 3 is 2.22 bits per heavy atom. The largest absolute Gasteiger partial charge is 0.378 e. The topological polar surface area (TPSA) is 65.5 Å².